The molecule has 4 heteroatoms. The number of carbonyl (C=O) groups is 1. The number of amides is 1. The van der Waals surface area contributed by atoms with Gasteiger partial charge in [-0.3, -0.25) is 4.79 Å². The highest BCUT2D eigenvalue weighted by atomic mass is 32.2. The molecule has 1 aromatic heterocycles. The molecule has 2 rings (SSSR count). The van der Waals surface area contributed by atoms with E-state index in [1.807, 2.05) is 18.2 Å². The average molecular weight is 278 g/mol. The lowest BCUT2D eigenvalue weighted by Gasteiger charge is -2.21. The van der Waals surface area contributed by atoms with Gasteiger partial charge in [-0.1, -0.05) is 44.5 Å². The number of pyridine rings is 1. The van der Waals surface area contributed by atoms with E-state index >= 15 is 0 Å². The van der Waals surface area contributed by atoms with Crippen LogP contribution in [-0.2, 0) is 4.79 Å². The van der Waals surface area contributed by atoms with E-state index in [0.29, 0.717) is 12.0 Å². The van der Waals surface area contributed by atoms with E-state index in [1.165, 1.54) is 12.8 Å². The molecular weight excluding hydrogens is 256 g/mol. The van der Waals surface area contributed by atoms with Crippen LogP contribution in [0.1, 0.15) is 39.5 Å². The van der Waals surface area contributed by atoms with Crippen LogP contribution in [0, 0.1) is 5.92 Å². The van der Waals surface area contributed by atoms with Gasteiger partial charge in [-0.15, -0.1) is 0 Å². The van der Waals surface area contributed by atoms with Crippen LogP contribution in [0.2, 0.25) is 0 Å². The molecule has 1 aliphatic carbocycles. The van der Waals surface area contributed by atoms with Crippen molar-refractivity contribution in [3.8, 4) is 0 Å². The summed E-state index contributed by atoms with van der Waals surface area (Å²) in [7, 11) is 0. The molecule has 104 valence electrons. The average Bonchev–Trinajstić information content (AvgIpc) is 2.89. The summed E-state index contributed by atoms with van der Waals surface area (Å²) in [5.41, 5.74) is 0. The van der Waals surface area contributed by atoms with Gasteiger partial charge >= 0.3 is 0 Å². The van der Waals surface area contributed by atoms with Crippen molar-refractivity contribution in [1.29, 1.82) is 0 Å². The molecule has 1 aliphatic rings. The number of nitrogens with zero attached hydrogens (tertiary/aromatic N) is 1. The SMILES string of the molecule is CC(C)C(Sc1ccccn1)C(=O)NC1CCCC1. The number of aromatic nitrogens is 1. The molecule has 0 radical (unpaired) electrons. The second kappa shape index (κ2) is 6.94. The Morgan fingerprint density at radius 2 is 2.11 bits per heavy atom. The molecule has 3 nitrogen and oxygen atoms in total. The zero-order valence-corrected chi connectivity index (χ0v) is 12.5. The van der Waals surface area contributed by atoms with Crippen molar-refractivity contribution in [2.45, 2.75) is 55.8 Å². The third kappa shape index (κ3) is 4.23. The molecule has 1 saturated carbocycles. The lowest BCUT2D eigenvalue weighted by molar-refractivity contribution is -0.121. The van der Waals surface area contributed by atoms with Crippen molar-refractivity contribution in [2.75, 3.05) is 0 Å². The first-order valence-electron chi connectivity index (χ1n) is 7.05. The molecular formula is C15H22N2OS. The van der Waals surface area contributed by atoms with Gasteiger partial charge in [0, 0.05) is 12.2 Å². The summed E-state index contributed by atoms with van der Waals surface area (Å²) in [6.45, 7) is 4.18. The van der Waals surface area contributed by atoms with Crippen molar-refractivity contribution in [3.63, 3.8) is 0 Å². The Kier molecular flexibility index (Phi) is 5.25. The fourth-order valence-electron chi connectivity index (χ4n) is 2.39. The minimum absolute atomic E-state index is 0.0597. The molecule has 1 fully saturated rings. The third-order valence-electron chi connectivity index (χ3n) is 3.45. The lowest BCUT2D eigenvalue weighted by Crippen LogP contribution is -2.40. The second-order valence-corrected chi connectivity index (χ2v) is 6.60. The predicted molar refractivity (Wildman–Crippen MR) is 79.1 cm³/mol. The van der Waals surface area contributed by atoms with E-state index < -0.39 is 0 Å². The summed E-state index contributed by atoms with van der Waals surface area (Å²) in [5.74, 6) is 0.464. The zero-order chi connectivity index (χ0) is 13.7. The summed E-state index contributed by atoms with van der Waals surface area (Å²) in [6.07, 6.45) is 6.51. The van der Waals surface area contributed by atoms with Gasteiger partial charge in [-0.25, -0.2) is 4.98 Å². The van der Waals surface area contributed by atoms with Gasteiger partial charge in [0.15, 0.2) is 0 Å². The van der Waals surface area contributed by atoms with E-state index in [0.717, 1.165) is 17.9 Å². The molecule has 1 amide bonds. The number of carbonyl (C=O) groups excluding carboxylic acids is 1. The molecule has 0 aromatic carbocycles. The first-order chi connectivity index (χ1) is 9.16. The Bertz CT molecular complexity index is 402. The number of thioether (sulfide) groups is 1. The van der Waals surface area contributed by atoms with Gasteiger partial charge in [-0.2, -0.15) is 0 Å². The molecule has 1 aromatic rings. The van der Waals surface area contributed by atoms with Gasteiger partial charge in [0.2, 0.25) is 5.91 Å². The highest BCUT2D eigenvalue weighted by molar-refractivity contribution is 8.00. The van der Waals surface area contributed by atoms with E-state index in [9.17, 15) is 4.79 Å². The fraction of sp³-hybridized carbons (Fsp3) is 0.600. The number of rotatable bonds is 5. The Hall–Kier alpha value is -1.03. The maximum absolute atomic E-state index is 12.4. The zero-order valence-electron chi connectivity index (χ0n) is 11.6. The Morgan fingerprint density at radius 3 is 2.68 bits per heavy atom. The monoisotopic (exact) mass is 278 g/mol. The molecule has 0 aliphatic heterocycles. The van der Waals surface area contributed by atoms with Crippen molar-refractivity contribution in [2.24, 2.45) is 5.92 Å². The highest BCUT2D eigenvalue weighted by Gasteiger charge is 2.27. The van der Waals surface area contributed by atoms with Crippen LogP contribution in [0.3, 0.4) is 0 Å². The molecule has 0 spiro atoms. The molecule has 19 heavy (non-hydrogen) atoms. The highest BCUT2D eigenvalue weighted by Crippen LogP contribution is 2.27. The Morgan fingerprint density at radius 1 is 1.37 bits per heavy atom. The fourth-order valence-corrected chi connectivity index (χ4v) is 3.38. The maximum atomic E-state index is 12.4. The van der Waals surface area contributed by atoms with Gasteiger partial charge in [0.1, 0.15) is 0 Å². The Labute approximate surface area is 119 Å². The van der Waals surface area contributed by atoms with Crippen molar-refractivity contribution >= 4 is 17.7 Å². The van der Waals surface area contributed by atoms with Gasteiger partial charge < -0.3 is 5.32 Å². The van der Waals surface area contributed by atoms with E-state index in [-0.39, 0.29) is 11.2 Å². The third-order valence-corrected chi connectivity index (χ3v) is 4.95. The molecule has 1 unspecified atom stereocenters. The normalized spacial score (nSPS) is 17.6. The summed E-state index contributed by atoms with van der Waals surface area (Å²) in [4.78, 5) is 16.7. The molecule has 1 heterocycles. The summed E-state index contributed by atoms with van der Waals surface area (Å²) in [6, 6.07) is 6.20. The van der Waals surface area contributed by atoms with Crippen LogP contribution in [0.5, 0.6) is 0 Å². The lowest BCUT2D eigenvalue weighted by atomic mass is 10.1. The standard InChI is InChI=1S/C15H22N2OS/c1-11(2)14(19-13-9-5-6-10-16-13)15(18)17-12-7-3-4-8-12/h5-6,9-12,14H,3-4,7-8H2,1-2H3,(H,17,18). The van der Waals surface area contributed by atoms with Crippen LogP contribution >= 0.6 is 11.8 Å². The van der Waals surface area contributed by atoms with Crippen LogP contribution < -0.4 is 5.32 Å². The topological polar surface area (TPSA) is 42.0 Å². The molecule has 1 N–H and O–H groups in total. The first kappa shape index (κ1) is 14.4. The van der Waals surface area contributed by atoms with Crippen molar-refractivity contribution < 1.29 is 4.79 Å². The van der Waals surface area contributed by atoms with Crippen LogP contribution in [0.4, 0.5) is 0 Å². The number of hydrogen-bond donors (Lipinski definition) is 1. The second-order valence-electron chi connectivity index (χ2n) is 5.44. The molecule has 1 atom stereocenters. The van der Waals surface area contributed by atoms with Gasteiger partial charge in [0.25, 0.3) is 0 Å². The van der Waals surface area contributed by atoms with Crippen molar-refractivity contribution in [1.82, 2.24) is 10.3 Å². The largest absolute Gasteiger partial charge is 0.352 e. The first-order valence-corrected chi connectivity index (χ1v) is 7.93. The van der Waals surface area contributed by atoms with E-state index in [1.54, 1.807) is 18.0 Å². The summed E-state index contributed by atoms with van der Waals surface area (Å²) < 4.78 is 0. The smallest absolute Gasteiger partial charge is 0.234 e. The van der Waals surface area contributed by atoms with Crippen LogP contribution in [-0.4, -0.2) is 22.2 Å². The number of hydrogen-bond acceptors (Lipinski definition) is 3. The quantitative estimate of drug-likeness (QED) is 0.841. The van der Waals surface area contributed by atoms with Crippen LogP contribution in [0.25, 0.3) is 0 Å². The molecule has 0 bridgehead atoms. The molecule has 0 saturated heterocycles. The maximum Gasteiger partial charge on any atom is 0.234 e. The van der Waals surface area contributed by atoms with E-state index in [2.05, 4.69) is 24.1 Å². The summed E-state index contributed by atoms with van der Waals surface area (Å²) in [5, 5.41) is 4.05. The van der Waals surface area contributed by atoms with E-state index in [4.69, 9.17) is 0 Å². The van der Waals surface area contributed by atoms with Crippen molar-refractivity contribution in [3.05, 3.63) is 24.4 Å². The minimum Gasteiger partial charge on any atom is -0.352 e. The van der Waals surface area contributed by atoms with Gasteiger partial charge in [-0.05, 0) is 30.9 Å². The van der Waals surface area contributed by atoms with Gasteiger partial charge in [0.05, 0.1) is 10.3 Å². The Balaban J connectivity index is 1.96. The summed E-state index contributed by atoms with van der Waals surface area (Å²) >= 11 is 1.57. The number of nitrogens with one attached hydrogen (secondary N) is 1. The van der Waals surface area contributed by atoms with Crippen LogP contribution in [0.15, 0.2) is 29.4 Å². The minimum atomic E-state index is -0.0597. The predicted octanol–water partition coefficient (Wildman–Crippen LogP) is 3.26.